The smallest absolute Gasteiger partial charge is 0.327 e. The van der Waals surface area contributed by atoms with Crippen LogP contribution in [0, 0.1) is 11.8 Å². The maximum Gasteiger partial charge on any atom is 0.327 e. The van der Waals surface area contributed by atoms with Crippen LogP contribution >= 0.6 is 0 Å². The molecule has 8 heteroatoms. The molecule has 8 nitrogen and oxygen atoms in total. The molecule has 0 aromatic carbocycles. The minimum Gasteiger partial charge on any atom is -0.451 e. The second-order valence-electron chi connectivity index (χ2n) is 8.95. The molecule has 3 rings (SSSR count). The lowest BCUT2D eigenvalue weighted by Gasteiger charge is -2.36. The quantitative estimate of drug-likeness (QED) is 0.536. The van der Waals surface area contributed by atoms with E-state index in [1.54, 1.807) is 0 Å². The molecule has 1 aliphatic heterocycles. The molecule has 0 unspecified atom stereocenters. The summed E-state index contributed by atoms with van der Waals surface area (Å²) >= 11 is 0. The summed E-state index contributed by atoms with van der Waals surface area (Å²) in [5, 5.41) is 5.77. The van der Waals surface area contributed by atoms with E-state index in [0.29, 0.717) is 12.3 Å². The fourth-order valence-electron chi connectivity index (χ4n) is 4.89. The van der Waals surface area contributed by atoms with E-state index >= 15 is 0 Å². The highest BCUT2D eigenvalue weighted by Gasteiger charge is 2.55. The summed E-state index contributed by atoms with van der Waals surface area (Å²) in [7, 11) is 0. The average molecular weight is 408 g/mol. The Bertz CT molecular complexity index is 681. The molecule has 29 heavy (non-hydrogen) atoms. The molecular weight excluding hydrogens is 374 g/mol. The SMILES string of the molecule is C[C@@H]1CCCC[C@@H]1NC(=O)[C@@H](C)OC(=O)CN1C(=O)N[C@]2(CCCC[C@@H]2C)C1=O. The monoisotopic (exact) mass is 407 g/mol. The minimum absolute atomic E-state index is 0.0240. The van der Waals surface area contributed by atoms with Crippen molar-refractivity contribution in [3.63, 3.8) is 0 Å². The highest BCUT2D eigenvalue weighted by molar-refractivity contribution is 6.09. The maximum atomic E-state index is 12.9. The topological polar surface area (TPSA) is 105 Å². The summed E-state index contributed by atoms with van der Waals surface area (Å²) in [5.74, 6) is -1.04. The number of urea groups is 1. The second-order valence-corrected chi connectivity index (χ2v) is 8.95. The van der Waals surface area contributed by atoms with E-state index in [2.05, 4.69) is 17.6 Å². The summed E-state index contributed by atoms with van der Waals surface area (Å²) in [6, 6.07) is -0.468. The molecule has 1 spiro atoms. The molecular formula is C21H33N3O5. The Balaban J connectivity index is 1.54. The van der Waals surface area contributed by atoms with Crippen molar-refractivity contribution >= 4 is 23.8 Å². The average Bonchev–Trinajstić information content (AvgIpc) is 2.91. The summed E-state index contributed by atoms with van der Waals surface area (Å²) in [6.07, 6.45) is 6.62. The van der Waals surface area contributed by atoms with E-state index in [4.69, 9.17) is 4.74 Å². The number of carbonyl (C=O) groups is 4. The van der Waals surface area contributed by atoms with Gasteiger partial charge in [0, 0.05) is 6.04 Å². The molecule has 0 radical (unpaired) electrons. The van der Waals surface area contributed by atoms with Gasteiger partial charge >= 0.3 is 12.0 Å². The molecule has 2 saturated carbocycles. The van der Waals surface area contributed by atoms with Crippen LogP contribution in [0.2, 0.25) is 0 Å². The number of amides is 4. The van der Waals surface area contributed by atoms with Crippen LogP contribution in [0.25, 0.3) is 0 Å². The number of esters is 1. The van der Waals surface area contributed by atoms with Crippen molar-refractivity contribution in [1.82, 2.24) is 15.5 Å². The van der Waals surface area contributed by atoms with Gasteiger partial charge in [0.1, 0.15) is 12.1 Å². The maximum absolute atomic E-state index is 12.9. The Kier molecular flexibility index (Phi) is 6.49. The van der Waals surface area contributed by atoms with Crippen molar-refractivity contribution in [2.75, 3.05) is 6.54 Å². The first-order chi connectivity index (χ1) is 13.7. The van der Waals surface area contributed by atoms with Crippen molar-refractivity contribution in [2.24, 2.45) is 11.8 Å². The Labute approximate surface area is 172 Å². The zero-order chi connectivity index (χ0) is 21.2. The highest BCUT2D eigenvalue weighted by Crippen LogP contribution is 2.38. The highest BCUT2D eigenvalue weighted by atomic mass is 16.5. The van der Waals surface area contributed by atoms with Gasteiger partial charge in [-0.25, -0.2) is 4.79 Å². The van der Waals surface area contributed by atoms with Crippen LogP contribution in [0.5, 0.6) is 0 Å². The van der Waals surface area contributed by atoms with Crippen molar-refractivity contribution in [3.8, 4) is 0 Å². The van der Waals surface area contributed by atoms with Gasteiger partial charge in [0.2, 0.25) is 0 Å². The van der Waals surface area contributed by atoms with E-state index in [9.17, 15) is 19.2 Å². The molecule has 5 atom stereocenters. The minimum atomic E-state index is -0.972. The van der Waals surface area contributed by atoms with Gasteiger partial charge in [0.15, 0.2) is 6.10 Å². The standard InChI is InChI=1S/C21H33N3O5/c1-13-8-4-5-10-16(13)22-18(26)15(3)29-17(25)12-24-19(27)21(23-20(24)28)11-7-6-9-14(21)2/h13-16H,4-12H2,1-3H3,(H,22,26)(H,23,28)/t13-,14+,15-,16+,21+/m1/s1. The summed E-state index contributed by atoms with van der Waals surface area (Å²) < 4.78 is 5.23. The van der Waals surface area contributed by atoms with E-state index < -0.39 is 30.2 Å². The lowest BCUT2D eigenvalue weighted by Crippen LogP contribution is -2.54. The first-order valence-corrected chi connectivity index (χ1v) is 10.9. The van der Waals surface area contributed by atoms with Crippen LogP contribution in [0.3, 0.4) is 0 Å². The van der Waals surface area contributed by atoms with Crippen LogP contribution in [0.4, 0.5) is 4.79 Å². The van der Waals surface area contributed by atoms with Gasteiger partial charge in [-0.1, -0.05) is 39.5 Å². The predicted octanol–water partition coefficient (Wildman–Crippen LogP) is 2.11. The van der Waals surface area contributed by atoms with Crippen LogP contribution < -0.4 is 10.6 Å². The third-order valence-electron chi connectivity index (χ3n) is 6.91. The van der Waals surface area contributed by atoms with E-state index in [0.717, 1.165) is 43.4 Å². The number of imide groups is 1. The fourth-order valence-corrected chi connectivity index (χ4v) is 4.89. The Hall–Kier alpha value is -2.12. The third kappa shape index (κ3) is 4.41. The number of carbonyl (C=O) groups excluding carboxylic acids is 4. The summed E-state index contributed by atoms with van der Waals surface area (Å²) in [5.41, 5.74) is -0.907. The number of hydrogen-bond donors (Lipinski definition) is 2. The van der Waals surface area contributed by atoms with Crippen molar-refractivity contribution in [1.29, 1.82) is 0 Å². The molecule has 162 valence electrons. The first kappa shape index (κ1) is 21.6. The van der Waals surface area contributed by atoms with Gasteiger partial charge in [0.25, 0.3) is 11.8 Å². The Morgan fingerprint density at radius 1 is 1.17 bits per heavy atom. The van der Waals surface area contributed by atoms with Crippen LogP contribution in [-0.2, 0) is 19.1 Å². The molecule has 3 fully saturated rings. The first-order valence-electron chi connectivity index (χ1n) is 10.9. The number of nitrogens with zero attached hydrogens (tertiary/aromatic N) is 1. The Morgan fingerprint density at radius 2 is 1.86 bits per heavy atom. The van der Waals surface area contributed by atoms with Gasteiger partial charge in [-0.2, -0.15) is 0 Å². The molecule has 0 bridgehead atoms. The molecule has 1 saturated heterocycles. The van der Waals surface area contributed by atoms with Crippen LogP contribution in [0.1, 0.15) is 72.1 Å². The largest absolute Gasteiger partial charge is 0.451 e. The normalized spacial score (nSPS) is 33.3. The Morgan fingerprint density at radius 3 is 2.55 bits per heavy atom. The number of nitrogens with one attached hydrogen (secondary N) is 2. The second kappa shape index (κ2) is 8.71. The lowest BCUT2D eigenvalue weighted by atomic mass is 9.73. The molecule has 2 N–H and O–H groups in total. The molecule has 1 heterocycles. The number of ether oxygens (including phenoxy) is 1. The zero-order valence-corrected chi connectivity index (χ0v) is 17.7. The van der Waals surface area contributed by atoms with Gasteiger partial charge in [-0.15, -0.1) is 0 Å². The van der Waals surface area contributed by atoms with Crippen LogP contribution in [-0.4, -0.2) is 52.9 Å². The summed E-state index contributed by atoms with van der Waals surface area (Å²) in [6.45, 7) is 5.10. The van der Waals surface area contributed by atoms with Gasteiger partial charge < -0.3 is 15.4 Å². The van der Waals surface area contributed by atoms with Crippen LogP contribution in [0.15, 0.2) is 0 Å². The summed E-state index contributed by atoms with van der Waals surface area (Å²) in [4.78, 5) is 50.9. The lowest BCUT2D eigenvalue weighted by molar-refractivity contribution is -0.157. The van der Waals surface area contributed by atoms with Crippen molar-refractivity contribution < 1.29 is 23.9 Å². The fraction of sp³-hybridized carbons (Fsp3) is 0.810. The van der Waals surface area contributed by atoms with Crippen molar-refractivity contribution in [3.05, 3.63) is 0 Å². The molecule has 4 amide bonds. The van der Waals surface area contributed by atoms with E-state index in [-0.39, 0.29) is 23.8 Å². The van der Waals surface area contributed by atoms with Gasteiger partial charge in [0.05, 0.1) is 0 Å². The van der Waals surface area contributed by atoms with E-state index in [1.807, 2.05) is 6.92 Å². The number of rotatable bonds is 5. The molecule has 0 aromatic rings. The molecule has 2 aliphatic carbocycles. The number of hydrogen-bond acceptors (Lipinski definition) is 5. The van der Waals surface area contributed by atoms with Gasteiger partial charge in [-0.3, -0.25) is 19.3 Å². The van der Waals surface area contributed by atoms with Gasteiger partial charge in [-0.05, 0) is 44.4 Å². The molecule has 0 aromatic heterocycles. The predicted molar refractivity (Wildman–Crippen MR) is 106 cm³/mol. The molecule has 3 aliphatic rings. The third-order valence-corrected chi connectivity index (χ3v) is 6.91. The van der Waals surface area contributed by atoms with Crippen molar-refractivity contribution in [2.45, 2.75) is 89.8 Å². The zero-order valence-electron chi connectivity index (χ0n) is 17.7. The van der Waals surface area contributed by atoms with E-state index in [1.165, 1.54) is 13.3 Å².